The molecule has 188 valence electrons. The van der Waals surface area contributed by atoms with Crippen molar-refractivity contribution < 1.29 is 14.3 Å². The fourth-order valence-electron chi connectivity index (χ4n) is 4.70. The minimum absolute atomic E-state index is 0.0556. The van der Waals surface area contributed by atoms with E-state index < -0.39 is 0 Å². The zero-order valence-electron chi connectivity index (χ0n) is 20.7. The highest BCUT2D eigenvalue weighted by Gasteiger charge is 2.30. The van der Waals surface area contributed by atoms with Gasteiger partial charge in [-0.05, 0) is 67.1 Å². The predicted octanol–water partition coefficient (Wildman–Crippen LogP) is 2.91. The first-order valence-electron chi connectivity index (χ1n) is 12.4. The molecule has 0 aliphatic carbocycles. The van der Waals surface area contributed by atoms with Gasteiger partial charge in [0.05, 0.1) is 18.8 Å². The monoisotopic (exact) mass is 482 g/mol. The number of aryl methyl sites for hydroxylation is 1. The van der Waals surface area contributed by atoms with E-state index in [1.165, 1.54) is 4.68 Å². The molecule has 35 heavy (non-hydrogen) atoms. The van der Waals surface area contributed by atoms with E-state index in [4.69, 9.17) is 9.47 Å². The van der Waals surface area contributed by atoms with Crippen molar-refractivity contribution >= 4 is 16.9 Å². The molecule has 0 unspecified atom stereocenters. The number of aromatic amines is 1. The number of ether oxygens (including phenoxy) is 2. The normalized spacial score (nSPS) is 16.7. The molecule has 2 atom stereocenters. The fraction of sp³-hybridized carbons (Fsp3) is 0.560. The number of fused-ring (bicyclic) bond motifs is 1. The molecule has 10 heteroatoms. The Kier molecular flexibility index (Phi) is 8.25. The number of nitrogens with zero attached hydrogens (tertiary/aromatic N) is 5. The van der Waals surface area contributed by atoms with E-state index in [0.717, 1.165) is 48.8 Å². The molecule has 1 aliphatic rings. The molecular formula is C25H34N6O4. The van der Waals surface area contributed by atoms with Crippen LogP contribution < -0.4 is 5.56 Å². The van der Waals surface area contributed by atoms with Gasteiger partial charge >= 0.3 is 5.97 Å². The van der Waals surface area contributed by atoms with Gasteiger partial charge in [0, 0.05) is 30.8 Å². The number of pyridine rings is 1. The second-order valence-corrected chi connectivity index (χ2v) is 9.08. The zero-order valence-corrected chi connectivity index (χ0v) is 20.7. The van der Waals surface area contributed by atoms with E-state index in [2.05, 4.69) is 38.4 Å². The van der Waals surface area contributed by atoms with Crippen molar-refractivity contribution in [2.45, 2.75) is 71.7 Å². The summed E-state index contributed by atoms with van der Waals surface area (Å²) in [5.74, 6) is 0.203. The molecule has 0 saturated carbocycles. The summed E-state index contributed by atoms with van der Waals surface area (Å²) in [4.78, 5) is 30.4. The number of hydrogen-bond donors (Lipinski definition) is 1. The second-order valence-electron chi connectivity index (χ2n) is 9.08. The molecule has 3 aromatic rings. The number of carbonyl (C=O) groups is 1. The molecule has 2 aromatic heterocycles. The lowest BCUT2D eigenvalue weighted by atomic mass is 10.1. The Morgan fingerprint density at radius 1 is 1.34 bits per heavy atom. The van der Waals surface area contributed by atoms with Crippen LogP contribution in [0.3, 0.4) is 0 Å². The Balaban J connectivity index is 1.69. The molecule has 0 radical (unpaired) electrons. The van der Waals surface area contributed by atoms with E-state index in [0.29, 0.717) is 31.1 Å². The van der Waals surface area contributed by atoms with Crippen LogP contribution in [-0.4, -0.2) is 61.9 Å². The van der Waals surface area contributed by atoms with Gasteiger partial charge in [0.2, 0.25) is 0 Å². The lowest BCUT2D eigenvalue weighted by Gasteiger charge is -2.32. The molecule has 0 amide bonds. The number of carbonyl (C=O) groups excluding carboxylic acids is 1. The topological polar surface area (TPSA) is 115 Å². The number of esters is 1. The van der Waals surface area contributed by atoms with Crippen LogP contribution >= 0.6 is 0 Å². The van der Waals surface area contributed by atoms with Gasteiger partial charge in [0.25, 0.3) is 5.56 Å². The van der Waals surface area contributed by atoms with Gasteiger partial charge < -0.3 is 14.5 Å². The van der Waals surface area contributed by atoms with Crippen molar-refractivity contribution in [2.75, 3.05) is 19.8 Å². The molecule has 0 spiro atoms. The summed E-state index contributed by atoms with van der Waals surface area (Å²) in [5, 5.41) is 13.2. The summed E-state index contributed by atoms with van der Waals surface area (Å²) in [6.07, 6.45) is 3.71. The molecule has 1 aliphatic heterocycles. The summed E-state index contributed by atoms with van der Waals surface area (Å²) in [6.45, 7) is 7.94. The maximum Gasteiger partial charge on any atom is 0.327 e. The maximum absolute atomic E-state index is 13.0. The van der Waals surface area contributed by atoms with Crippen LogP contribution in [0.5, 0.6) is 0 Å². The molecule has 0 bridgehead atoms. The summed E-state index contributed by atoms with van der Waals surface area (Å²) in [6, 6.07) is 7.77. The Labute approximate surface area is 204 Å². The lowest BCUT2D eigenvalue weighted by Crippen LogP contribution is -2.38. The van der Waals surface area contributed by atoms with Crippen LogP contribution in [0.2, 0.25) is 0 Å². The van der Waals surface area contributed by atoms with Gasteiger partial charge in [-0.15, -0.1) is 5.10 Å². The van der Waals surface area contributed by atoms with Crippen molar-refractivity contribution in [1.82, 2.24) is 30.1 Å². The van der Waals surface area contributed by atoms with Crippen molar-refractivity contribution in [3.8, 4) is 0 Å². The summed E-state index contributed by atoms with van der Waals surface area (Å²) in [7, 11) is 0. The highest BCUT2D eigenvalue weighted by molar-refractivity contribution is 5.79. The van der Waals surface area contributed by atoms with Gasteiger partial charge in [-0.3, -0.25) is 14.5 Å². The molecule has 1 aromatic carbocycles. The van der Waals surface area contributed by atoms with Crippen molar-refractivity contribution in [3.05, 3.63) is 51.6 Å². The quantitative estimate of drug-likeness (QED) is 0.415. The van der Waals surface area contributed by atoms with Crippen LogP contribution in [0.4, 0.5) is 0 Å². The minimum Gasteiger partial charge on any atom is -0.465 e. The van der Waals surface area contributed by atoms with Crippen LogP contribution in [0, 0.1) is 6.92 Å². The SMILES string of the molecule is CCC[C@H](c1nnnn1CC(=O)OCC)N(Cc1cc2cc(C)ccc2[nH]c1=O)C[C@@H]1CCCO1. The van der Waals surface area contributed by atoms with E-state index in [9.17, 15) is 9.59 Å². The Morgan fingerprint density at radius 3 is 2.94 bits per heavy atom. The summed E-state index contributed by atoms with van der Waals surface area (Å²) >= 11 is 0. The highest BCUT2D eigenvalue weighted by atomic mass is 16.5. The first-order chi connectivity index (χ1) is 17.0. The first kappa shape index (κ1) is 25.0. The molecular weight excluding hydrogens is 448 g/mol. The Bertz CT molecular complexity index is 1200. The Hall–Kier alpha value is -3.11. The van der Waals surface area contributed by atoms with Crippen molar-refractivity contribution in [3.63, 3.8) is 0 Å². The lowest BCUT2D eigenvalue weighted by molar-refractivity contribution is -0.144. The van der Waals surface area contributed by atoms with Crippen LogP contribution in [0.1, 0.15) is 62.5 Å². The van der Waals surface area contributed by atoms with Gasteiger partial charge in [-0.1, -0.05) is 25.0 Å². The highest BCUT2D eigenvalue weighted by Crippen LogP contribution is 2.28. The van der Waals surface area contributed by atoms with E-state index in [1.54, 1.807) is 6.92 Å². The van der Waals surface area contributed by atoms with Crippen LogP contribution in [-0.2, 0) is 27.4 Å². The van der Waals surface area contributed by atoms with Gasteiger partial charge in [-0.2, -0.15) is 0 Å². The van der Waals surface area contributed by atoms with Crippen LogP contribution in [0.25, 0.3) is 10.9 Å². The first-order valence-corrected chi connectivity index (χ1v) is 12.4. The number of benzene rings is 1. The largest absolute Gasteiger partial charge is 0.465 e. The zero-order chi connectivity index (χ0) is 24.8. The number of aromatic nitrogens is 5. The average Bonchev–Trinajstić information content (AvgIpc) is 3.50. The molecule has 1 N–H and O–H groups in total. The third kappa shape index (κ3) is 6.12. The van der Waals surface area contributed by atoms with E-state index in [-0.39, 0.29) is 30.2 Å². The minimum atomic E-state index is -0.386. The van der Waals surface area contributed by atoms with E-state index >= 15 is 0 Å². The van der Waals surface area contributed by atoms with Crippen LogP contribution in [0.15, 0.2) is 29.1 Å². The predicted molar refractivity (Wildman–Crippen MR) is 131 cm³/mol. The Morgan fingerprint density at radius 2 is 2.20 bits per heavy atom. The van der Waals surface area contributed by atoms with Gasteiger partial charge in [-0.25, -0.2) is 4.68 Å². The van der Waals surface area contributed by atoms with Crippen molar-refractivity contribution in [1.29, 1.82) is 0 Å². The number of hydrogen-bond acceptors (Lipinski definition) is 8. The third-order valence-electron chi connectivity index (χ3n) is 6.36. The average molecular weight is 483 g/mol. The van der Waals surface area contributed by atoms with Gasteiger partial charge in [0.15, 0.2) is 5.82 Å². The van der Waals surface area contributed by atoms with E-state index in [1.807, 2.05) is 25.1 Å². The molecule has 1 fully saturated rings. The fourth-order valence-corrected chi connectivity index (χ4v) is 4.70. The smallest absolute Gasteiger partial charge is 0.327 e. The number of H-pyrrole nitrogens is 1. The standard InChI is InChI=1S/C25H34N6O4/c1-4-7-22(24-27-28-29-31(24)16-23(32)34-5-2)30(15-20-8-6-11-35-20)14-19-13-18-12-17(3)9-10-21(18)26-25(19)33/h9-10,12-13,20,22H,4-8,11,14-16H2,1-3H3,(H,26,33)/t20-,22+/m0/s1. The molecule has 4 rings (SSSR count). The third-order valence-corrected chi connectivity index (χ3v) is 6.36. The second kappa shape index (κ2) is 11.5. The number of rotatable bonds is 11. The maximum atomic E-state index is 13.0. The number of nitrogens with one attached hydrogen (secondary N) is 1. The molecule has 3 heterocycles. The summed E-state index contributed by atoms with van der Waals surface area (Å²) in [5.41, 5.74) is 2.51. The summed E-state index contributed by atoms with van der Waals surface area (Å²) < 4.78 is 12.6. The van der Waals surface area contributed by atoms with Gasteiger partial charge in [0.1, 0.15) is 6.54 Å². The molecule has 1 saturated heterocycles. The number of tetrazole rings is 1. The molecule has 10 nitrogen and oxygen atoms in total. The van der Waals surface area contributed by atoms with Crippen molar-refractivity contribution in [2.24, 2.45) is 0 Å².